The van der Waals surface area contributed by atoms with Gasteiger partial charge in [0.15, 0.2) is 0 Å². The number of aryl methyl sites for hydroxylation is 1. The summed E-state index contributed by atoms with van der Waals surface area (Å²) in [5.41, 5.74) is 1.24. The zero-order chi connectivity index (χ0) is 52.9. The van der Waals surface area contributed by atoms with Crippen LogP contribution in [0.15, 0.2) is 6.20 Å². The van der Waals surface area contributed by atoms with Crippen molar-refractivity contribution in [3.63, 3.8) is 0 Å². The van der Waals surface area contributed by atoms with Crippen molar-refractivity contribution >= 4 is 20.1 Å². The second-order valence-corrected chi connectivity index (χ2v) is 19.1. The number of aromatic hydroxyl groups is 1. The third kappa shape index (κ3) is 33.2. The molecule has 0 spiro atoms. The summed E-state index contributed by atoms with van der Waals surface area (Å²) in [6, 6.07) is 0. The molecule has 71 heavy (non-hydrogen) atoms. The van der Waals surface area contributed by atoms with E-state index in [1.165, 1.54) is 6.20 Å². The van der Waals surface area contributed by atoms with Gasteiger partial charge in [0.05, 0.1) is 26.1 Å². The van der Waals surface area contributed by atoms with Crippen LogP contribution in [-0.2, 0) is 41.5 Å². The molecule has 0 saturated heterocycles. The van der Waals surface area contributed by atoms with Gasteiger partial charge in [0.1, 0.15) is 49.8 Å². The van der Waals surface area contributed by atoms with Crippen LogP contribution in [0.25, 0.3) is 0 Å². The first-order valence-electron chi connectivity index (χ1n) is 25.4. The van der Waals surface area contributed by atoms with Gasteiger partial charge in [-0.15, -0.1) is 0 Å². The Balaban J connectivity index is 2.36. The van der Waals surface area contributed by atoms with Crippen molar-refractivity contribution < 1.29 is 78.7 Å². The maximum atomic E-state index is 12.4. The van der Waals surface area contributed by atoms with E-state index in [1.807, 2.05) is 0 Å². The number of aromatic nitrogens is 1. The van der Waals surface area contributed by atoms with Gasteiger partial charge in [0, 0.05) is 39.3 Å². The Morgan fingerprint density at radius 3 is 1.44 bits per heavy atom. The van der Waals surface area contributed by atoms with Crippen molar-refractivity contribution in [2.75, 3.05) is 125 Å². The first kappa shape index (κ1) is 66.6. The number of nitrogens with one attached hydrogen (secondary N) is 5. The van der Waals surface area contributed by atoms with Crippen molar-refractivity contribution in [3.05, 3.63) is 23.0 Å². The summed E-state index contributed by atoms with van der Waals surface area (Å²) in [6.07, 6.45) is -2.06. The quantitative estimate of drug-likeness (QED) is 0.0182. The summed E-state index contributed by atoms with van der Waals surface area (Å²) in [4.78, 5) is 61.1. The molecular weight excluding hydrogens is 952 g/mol. The molecule has 6 unspecified atom stereocenters. The Kier molecular flexibility index (Phi) is 38.4. The molecule has 0 aliphatic carbocycles. The van der Waals surface area contributed by atoms with Crippen LogP contribution in [0.1, 0.15) is 89.0 Å². The van der Waals surface area contributed by atoms with E-state index in [4.69, 9.17) is 18.7 Å². The van der Waals surface area contributed by atoms with Gasteiger partial charge in [-0.2, -0.15) is 0 Å². The average molecular weight is 1050 g/mol. The molecule has 0 aliphatic heterocycles. The second-order valence-electron chi connectivity index (χ2n) is 17.6. The molecule has 418 valence electrons. The van der Waals surface area contributed by atoms with Crippen molar-refractivity contribution in [2.45, 2.75) is 129 Å². The van der Waals surface area contributed by atoms with Crippen LogP contribution in [0.4, 0.5) is 0 Å². The molecule has 1 aromatic heterocycles. The molecule has 1 aromatic rings. The van der Waals surface area contributed by atoms with Gasteiger partial charge in [0.2, 0.25) is 0 Å². The number of hydrogen-bond acceptors (Lipinski definition) is 24. The molecule has 0 fully saturated rings. The molecule has 0 bridgehead atoms. The Morgan fingerprint density at radius 1 is 0.592 bits per heavy atom. The Labute approximate surface area is 421 Å². The van der Waals surface area contributed by atoms with Gasteiger partial charge < -0.3 is 60.4 Å². The number of hydrogen-bond donors (Lipinski definition) is 15. The predicted molar refractivity (Wildman–Crippen MR) is 269 cm³/mol. The minimum absolute atomic E-state index is 0.0412. The van der Waals surface area contributed by atoms with Gasteiger partial charge in [-0.3, -0.25) is 9.59 Å². The Morgan fingerprint density at radius 2 is 1.00 bits per heavy atom. The Bertz CT molecular complexity index is 1510. The number of carbonyl (C=O) groups excluding carboxylic acids is 2. The summed E-state index contributed by atoms with van der Waals surface area (Å²) in [7, 11) is -4.77. The summed E-state index contributed by atoms with van der Waals surface area (Å²) in [5.74, 6) is -1.31. The minimum atomic E-state index is -4.77. The van der Waals surface area contributed by atoms with E-state index in [2.05, 4.69) is 62.1 Å². The molecule has 25 heteroatoms. The van der Waals surface area contributed by atoms with Gasteiger partial charge in [0.25, 0.3) is 0 Å². The molecule has 1 heterocycles. The van der Waals surface area contributed by atoms with E-state index < -0.39 is 83.2 Å². The number of carbonyl (C=O) groups is 2. The van der Waals surface area contributed by atoms with E-state index in [0.717, 1.165) is 90.9 Å². The third-order valence-electron chi connectivity index (χ3n) is 11.4. The van der Waals surface area contributed by atoms with Gasteiger partial charge >= 0.3 is 158 Å². The van der Waals surface area contributed by atoms with Crippen molar-refractivity contribution in [3.8, 4) is 5.75 Å². The van der Waals surface area contributed by atoms with E-state index in [0.29, 0.717) is 56.1 Å². The number of nitrogens with zero attached hydrogens (tertiary/aromatic N) is 3. The van der Waals surface area contributed by atoms with Crippen LogP contribution < -0.4 is 26.6 Å². The first-order chi connectivity index (χ1) is 33.9. The number of rotatable bonds is 47. The molecule has 1 rings (SSSR count). The number of ether oxygens (including phenoxy) is 3. The van der Waals surface area contributed by atoms with Gasteiger partial charge in [-0.05, 0) is 38.9 Å². The summed E-state index contributed by atoms with van der Waals surface area (Å²) >= 11 is 0. The summed E-state index contributed by atoms with van der Waals surface area (Å²) < 4.78 is 20.1. The van der Waals surface area contributed by atoms with Crippen LogP contribution in [0.2, 0.25) is 0 Å². The predicted octanol–water partition coefficient (Wildman–Crippen LogP) is -2.50. The summed E-state index contributed by atoms with van der Waals surface area (Å²) in [5, 5.41) is 89.1. The molecule has 0 saturated carbocycles. The molecular formula is C46H93N8O16P. The van der Waals surface area contributed by atoms with E-state index in [1.54, 1.807) is 6.92 Å². The van der Waals surface area contributed by atoms with Crippen molar-refractivity contribution in [1.82, 2.24) is 41.4 Å². The van der Waals surface area contributed by atoms with E-state index in [-0.39, 0.29) is 38.3 Å². The second kappa shape index (κ2) is 40.9. The zero-order valence-corrected chi connectivity index (χ0v) is 43.8. The normalized spacial score (nSPS) is 14.9. The zero-order valence-electron chi connectivity index (χ0n) is 42.8. The number of pyridine rings is 1. The van der Waals surface area contributed by atoms with Crippen molar-refractivity contribution in [1.29, 1.82) is 0 Å². The van der Waals surface area contributed by atoms with Gasteiger partial charge in [-0.25, -0.2) is 0 Å². The fraction of sp³-hybridized carbons (Fsp3) is 0.848. The number of aliphatic hydroxyl groups is 6. The maximum absolute atomic E-state index is 12.4. The molecule has 24 nitrogen and oxygen atoms in total. The van der Waals surface area contributed by atoms with Crippen LogP contribution in [0, 0.1) is 6.92 Å². The standard InChI is InChI=1S/C46H93N8O16P/c1-5-8-13-47-17-23-53(22-10-7-3)24-19-49-15-11-42(59)68-33-40(57)45(62)38(55)31-67-32-39(56)46(63)41(58)34-69-43(60)12-16-50-20-26-54(25-18-48-14-9-6-2)27-21-51-29-37-36(30-70-71(64,65)66)28-52-35(4)44(37)61/h28,38-41,45-51,55-58,61-66,71H,5-27,29-34H2,1-4H3. The molecule has 0 amide bonds. The molecule has 15 N–H and O–H groups in total. The van der Waals surface area contributed by atoms with Crippen molar-refractivity contribution in [2.24, 2.45) is 0 Å². The first-order valence-corrected chi connectivity index (χ1v) is 27.1. The average Bonchev–Trinajstić information content (AvgIpc) is 3.34. The van der Waals surface area contributed by atoms with Gasteiger partial charge in [-0.1, -0.05) is 40.0 Å². The van der Waals surface area contributed by atoms with Crippen LogP contribution in [0.3, 0.4) is 0 Å². The molecule has 0 aromatic carbocycles. The number of esters is 2. The number of aliphatic hydroxyl groups excluding tert-OH is 6. The SMILES string of the molecule is CCCCNCCN(CCCC)CCNCCC(=O)OCC(O)C(O)C(O)COCC(O)C(O)C(O)COC(=O)CCNCCN(CCNCCCC)CCNCc1c(CO[PH](O)(O)O)cnc(C)c1O. The van der Waals surface area contributed by atoms with E-state index in [9.17, 15) is 60.0 Å². The fourth-order valence-corrected chi connectivity index (χ4v) is 7.18. The fourth-order valence-electron chi connectivity index (χ4n) is 6.83. The van der Waals surface area contributed by atoms with E-state index >= 15 is 0 Å². The monoisotopic (exact) mass is 1040 g/mol. The van der Waals surface area contributed by atoms with Crippen LogP contribution in [0.5, 0.6) is 5.75 Å². The number of unbranched alkanes of at least 4 members (excludes halogenated alkanes) is 3. The molecule has 0 radical (unpaired) electrons. The third-order valence-corrected chi connectivity index (χ3v) is 11.9. The topological polar surface area (TPSA) is 353 Å². The van der Waals surface area contributed by atoms with Crippen LogP contribution in [-0.4, -0.2) is 238 Å². The molecule has 0 aliphatic rings. The van der Waals surface area contributed by atoms with Crippen LogP contribution >= 0.6 is 8.17 Å². The summed E-state index contributed by atoms with van der Waals surface area (Å²) in [6.45, 7) is 16.4. The Hall–Kier alpha value is -2.40. The molecule has 6 atom stereocenters.